The molecule has 0 radical (unpaired) electrons. The summed E-state index contributed by atoms with van der Waals surface area (Å²) in [5.74, 6) is 1.65. The van der Waals surface area contributed by atoms with Gasteiger partial charge in [0.2, 0.25) is 5.89 Å². The van der Waals surface area contributed by atoms with Gasteiger partial charge in [0.15, 0.2) is 22.2 Å². The van der Waals surface area contributed by atoms with Crippen molar-refractivity contribution in [3.8, 4) is 28.3 Å². The number of aromatic nitrogens is 1. The molecule has 30 heavy (non-hydrogen) atoms. The minimum atomic E-state index is -3.27. The van der Waals surface area contributed by atoms with Crippen LogP contribution in [0.1, 0.15) is 5.89 Å². The fourth-order valence-electron chi connectivity index (χ4n) is 2.94. The second-order valence-electron chi connectivity index (χ2n) is 6.69. The Balaban J connectivity index is 1.68. The van der Waals surface area contributed by atoms with Crippen molar-refractivity contribution in [2.24, 2.45) is 0 Å². The Labute approximate surface area is 179 Å². The summed E-state index contributed by atoms with van der Waals surface area (Å²) in [6.07, 6.45) is 1.18. The molecule has 3 aromatic carbocycles. The summed E-state index contributed by atoms with van der Waals surface area (Å²) in [5.41, 5.74) is 2.24. The first-order valence-corrected chi connectivity index (χ1v) is 11.4. The van der Waals surface area contributed by atoms with Crippen molar-refractivity contribution in [2.45, 2.75) is 11.5 Å². The Kier molecular flexibility index (Phi) is 5.61. The van der Waals surface area contributed by atoms with E-state index < -0.39 is 9.84 Å². The van der Waals surface area contributed by atoms with Crippen molar-refractivity contribution >= 4 is 21.4 Å². The average molecular weight is 440 g/mol. The van der Waals surface area contributed by atoms with Gasteiger partial charge in [-0.25, -0.2) is 13.4 Å². The van der Waals surface area contributed by atoms with E-state index in [1.54, 1.807) is 48.5 Å². The van der Waals surface area contributed by atoms with Crippen LogP contribution >= 0.6 is 11.6 Å². The predicted molar refractivity (Wildman–Crippen MR) is 116 cm³/mol. The molecule has 0 N–H and O–H groups in total. The number of benzene rings is 3. The minimum absolute atomic E-state index is 0.142. The van der Waals surface area contributed by atoms with Crippen LogP contribution in [-0.4, -0.2) is 19.7 Å². The van der Waals surface area contributed by atoms with Gasteiger partial charge >= 0.3 is 0 Å². The van der Waals surface area contributed by atoms with E-state index in [-0.39, 0.29) is 11.5 Å². The Morgan fingerprint density at radius 2 is 1.57 bits per heavy atom. The number of halogens is 1. The lowest BCUT2D eigenvalue weighted by atomic mass is 10.1. The van der Waals surface area contributed by atoms with E-state index in [1.165, 1.54) is 6.26 Å². The highest BCUT2D eigenvalue weighted by molar-refractivity contribution is 7.90. The standard InChI is InChI=1S/C23H18ClNO4S/c1-30(26,27)20-13-7-16(8-14-20)22-23(17-5-3-2-4-6-17)29-21(25-22)15-28-19-11-9-18(24)10-12-19/h2-14H,15H2,1H3. The Bertz CT molecular complexity index is 1250. The van der Waals surface area contributed by atoms with E-state index in [2.05, 4.69) is 4.98 Å². The van der Waals surface area contributed by atoms with Gasteiger partial charge in [0.25, 0.3) is 0 Å². The van der Waals surface area contributed by atoms with Gasteiger partial charge in [0.1, 0.15) is 11.4 Å². The summed E-state index contributed by atoms with van der Waals surface area (Å²) in [7, 11) is -3.27. The first kappa shape index (κ1) is 20.2. The van der Waals surface area contributed by atoms with E-state index in [1.807, 2.05) is 30.3 Å². The molecule has 0 aliphatic heterocycles. The summed E-state index contributed by atoms with van der Waals surface area (Å²) < 4.78 is 35.3. The zero-order chi connectivity index (χ0) is 21.1. The van der Waals surface area contributed by atoms with Crippen molar-refractivity contribution in [3.05, 3.63) is 89.8 Å². The van der Waals surface area contributed by atoms with Gasteiger partial charge in [-0.05, 0) is 36.4 Å². The van der Waals surface area contributed by atoms with Gasteiger partial charge in [-0.2, -0.15) is 0 Å². The lowest BCUT2D eigenvalue weighted by molar-refractivity contribution is 0.264. The maximum Gasteiger partial charge on any atom is 0.233 e. The molecule has 0 spiro atoms. The number of rotatable bonds is 6. The molecule has 5 nitrogen and oxygen atoms in total. The van der Waals surface area contributed by atoms with Crippen LogP contribution in [0.4, 0.5) is 0 Å². The molecule has 0 fully saturated rings. The van der Waals surface area contributed by atoms with Gasteiger partial charge in [-0.1, -0.05) is 54.1 Å². The minimum Gasteiger partial charge on any atom is -0.484 e. The second-order valence-corrected chi connectivity index (χ2v) is 9.14. The molecule has 0 saturated heterocycles. The van der Waals surface area contributed by atoms with Crippen molar-refractivity contribution in [1.29, 1.82) is 0 Å². The Morgan fingerprint density at radius 1 is 0.900 bits per heavy atom. The number of hydrogen-bond donors (Lipinski definition) is 0. The molecule has 0 atom stereocenters. The van der Waals surface area contributed by atoms with E-state index >= 15 is 0 Å². The number of sulfone groups is 1. The van der Waals surface area contributed by atoms with Crippen LogP contribution in [0.5, 0.6) is 5.75 Å². The van der Waals surface area contributed by atoms with E-state index in [9.17, 15) is 8.42 Å². The second kappa shape index (κ2) is 8.34. The first-order valence-electron chi connectivity index (χ1n) is 9.14. The lowest BCUT2D eigenvalue weighted by Gasteiger charge is -2.03. The molecule has 0 unspecified atom stereocenters. The smallest absolute Gasteiger partial charge is 0.233 e. The van der Waals surface area contributed by atoms with E-state index in [0.29, 0.717) is 28.1 Å². The van der Waals surface area contributed by atoms with Crippen molar-refractivity contribution in [2.75, 3.05) is 6.26 Å². The third-order valence-electron chi connectivity index (χ3n) is 4.44. The molecule has 1 heterocycles. The molecular formula is C23H18ClNO4S. The van der Waals surface area contributed by atoms with Crippen LogP contribution in [0.2, 0.25) is 5.02 Å². The van der Waals surface area contributed by atoms with Gasteiger partial charge < -0.3 is 9.15 Å². The van der Waals surface area contributed by atoms with Crippen LogP contribution < -0.4 is 4.74 Å². The van der Waals surface area contributed by atoms with Gasteiger partial charge in [-0.3, -0.25) is 0 Å². The molecule has 0 aliphatic carbocycles. The zero-order valence-electron chi connectivity index (χ0n) is 16.1. The van der Waals surface area contributed by atoms with Crippen molar-refractivity contribution < 1.29 is 17.6 Å². The molecule has 4 aromatic rings. The molecule has 0 bridgehead atoms. The predicted octanol–water partition coefficient (Wildman–Crippen LogP) is 5.64. The number of oxazole rings is 1. The molecule has 0 saturated carbocycles. The number of ether oxygens (including phenoxy) is 1. The van der Waals surface area contributed by atoms with Gasteiger partial charge in [0, 0.05) is 22.4 Å². The molecule has 1 aromatic heterocycles. The summed E-state index contributed by atoms with van der Waals surface area (Å²) in [5, 5.41) is 0.629. The fourth-order valence-corrected chi connectivity index (χ4v) is 3.70. The van der Waals surface area contributed by atoms with Crippen molar-refractivity contribution in [1.82, 2.24) is 4.98 Å². The topological polar surface area (TPSA) is 69.4 Å². The molecule has 4 rings (SSSR count). The summed E-state index contributed by atoms with van der Waals surface area (Å²) in [4.78, 5) is 4.87. The van der Waals surface area contributed by atoms with Crippen LogP contribution in [-0.2, 0) is 16.4 Å². The molecular weight excluding hydrogens is 422 g/mol. The highest BCUT2D eigenvalue weighted by atomic mass is 35.5. The first-order chi connectivity index (χ1) is 14.4. The summed E-state index contributed by atoms with van der Waals surface area (Å²) in [6, 6.07) is 23.2. The van der Waals surface area contributed by atoms with Crippen LogP contribution in [0.25, 0.3) is 22.6 Å². The van der Waals surface area contributed by atoms with E-state index in [0.717, 1.165) is 11.1 Å². The third-order valence-corrected chi connectivity index (χ3v) is 5.82. The molecule has 152 valence electrons. The van der Waals surface area contributed by atoms with Crippen molar-refractivity contribution in [3.63, 3.8) is 0 Å². The highest BCUT2D eigenvalue weighted by Crippen LogP contribution is 2.33. The zero-order valence-corrected chi connectivity index (χ0v) is 17.7. The average Bonchev–Trinajstić information content (AvgIpc) is 3.18. The lowest BCUT2D eigenvalue weighted by Crippen LogP contribution is -1.97. The van der Waals surface area contributed by atoms with E-state index in [4.69, 9.17) is 20.8 Å². The number of nitrogens with zero attached hydrogens (tertiary/aromatic N) is 1. The molecule has 0 amide bonds. The summed E-state index contributed by atoms with van der Waals surface area (Å²) >= 11 is 5.90. The fraction of sp³-hybridized carbons (Fsp3) is 0.0870. The highest BCUT2D eigenvalue weighted by Gasteiger charge is 2.18. The van der Waals surface area contributed by atoms with Crippen LogP contribution in [0, 0.1) is 0 Å². The van der Waals surface area contributed by atoms with Gasteiger partial charge in [-0.15, -0.1) is 0 Å². The maximum atomic E-state index is 11.8. The largest absolute Gasteiger partial charge is 0.484 e. The normalized spacial score (nSPS) is 11.4. The van der Waals surface area contributed by atoms with Crippen LogP contribution in [0.15, 0.2) is 88.2 Å². The SMILES string of the molecule is CS(=O)(=O)c1ccc(-c2nc(COc3ccc(Cl)cc3)oc2-c2ccccc2)cc1. The quantitative estimate of drug-likeness (QED) is 0.388. The van der Waals surface area contributed by atoms with Crippen LogP contribution in [0.3, 0.4) is 0 Å². The molecule has 7 heteroatoms. The molecule has 0 aliphatic rings. The third kappa shape index (κ3) is 4.56. The monoisotopic (exact) mass is 439 g/mol. The number of hydrogen-bond acceptors (Lipinski definition) is 5. The Morgan fingerprint density at radius 3 is 2.20 bits per heavy atom. The Hall–Kier alpha value is -3.09. The van der Waals surface area contributed by atoms with Gasteiger partial charge in [0.05, 0.1) is 4.90 Å². The summed E-state index contributed by atoms with van der Waals surface area (Å²) in [6.45, 7) is 0.142. The maximum absolute atomic E-state index is 11.8.